The lowest BCUT2D eigenvalue weighted by Gasteiger charge is -2.11. The summed E-state index contributed by atoms with van der Waals surface area (Å²) in [7, 11) is -2.34. The Morgan fingerprint density at radius 3 is 2.57 bits per heavy atom. The molecule has 0 bridgehead atoms. The molecule has 21 heavy (non-hydrogen) atoms. The number of rotatable bonds is 4. The number of anilines is 2. The fourth-order valence-electron chi connectivity index (χ4n) is 1.68. The average Bonchev–Trinajstić information content (AvgIpc) is 2.40. The Labute approximate surface area is 136 Å². The van der Waals surface area contributed by atoms with Gasteiger partial charge in [-0.15, -0.1) is 0 Å². The fourth-order valence-corrected chi connectivity index (χ4v) is 3.77. The lowest BCUT2D eigenvalue weighted by Crippen LogP contribution is -2.13. The number of benzene rings is 2. The summed E-state index contributed by atoms with van der Waals surface area (Å²) in [5, 5.41) is 0.124. The molecule has 0 amide bonds. The topological polar surface area (TPSA) is 81.4 Å². The third kappa shape index (κ3) is 3.61. The second-order valence-electron chi connectivity index (χ2n) is 4.14. The first kappa shape index (κ1) is 15.9. The van der Waals surface area contributed by atoms with Crippen molar-refractivity contribution in [1.29, 1.82) is 0 Å². The zero-order chi connectivity index (χ0) is 15.6. The molecule has 0 unspecified atom stereocenters. The van der Waals surface area contributed by atoms with Crippen LogP contribution in [0, 0.1) is 0 Å². The molecule has 0 aliphatic heterocycles. The van der Waals surface area contributed by atoms with E-state index < -0.39 is 10.0 Å². The van der Waals surface area contributed by atoms with Crippen molar-refractivity contribution >= 4 is 48.9 Å². The Morgan fingerprint density at radius 1 is 1.24 bits per heavy atom. The number of ether oxygens (including phenoxy) is 1. The Kier molecular flexibility index (Phi) is 4.65. The fraction of sp³-hybridized carbons (Fsp3) is 0.0769. The molecule has 0 spiro atoms. The van der Waals surface area contributed by atoms with Crippen molar-refractivity contribution < 1.29 is 13.2 Å². The van der Waals surface area contributed by atoms with Gasteiger partial charge in [-0.25, -0.2) is 8.42 Å². The van der Waals surface area contributed by atoms with Crippen LogP contribution in [0.2, 0.25) is 5.02 Å². The molecule has 0 atom stereocenters. The first-order valence-corrected chi connectivity index (χ1v) is 8.40. The first-order valence-electron chi connectivity index (χ1n) is 5.75. The summed E-state index contributed by atoms with van der Waals surface area (Å²) < 4.78 is 32.9. The van der Waals surface area contributed by atoms with Crippen molar-refractivity contribution in [1.82, 2.24) is 0 Å². The van der Waals surface area contributed by atoms with Gasteiger partial charge in [0, 0.05) is 10.5 Å². The van der Waals surface area contributed by atoms with Crippen molar-refractivity contribution in [2.24, 2.45) is 0 Å². The van der Waals surface area contributed by atoms with Crippen LogP contribution in [-0.2, 0) is 10.0 Å². The van der Waals surface area contributed by atoms with Crippen molar-refractivity contribution in [3.05, 3.63) is 45.9 Å². The Balaban J connectivity index is 2.37. The second kappa shape index (κ2) is 6.13. The number of halogens is 2. The van der Waals surface area contributed by atoms with Gasteiger partial charge in [-0.2, -0.15) is 0 Å². The van der Waals surface area contributed by atoms with Crippen LogP contribution in [0.1, 0.15) is 0 Å². The molecule has 0 radical (unpaired) electrons. The van der Waals surface area contributed by atoms with E-state index in [0.29, 0.717) is 21.6 Å². The summed E-state index contributed by atoms with van der Waals surface area (Å²) in [5.41, 5.74) is 6.44. The molecule has 2 rings (SSSR count). The number of nitrogen functional groups attached to an aromatic ring is 1. The molecule has 0 heterocycles. The summed E-state index contributed by atoms with van der Waals surface area (Å²) in [5.74, 6) is 0.386. The van der Waals surface area contributed by atoms with Crippen LogP contribution in [0.25, 0.3) is 0 Å². The van der Waals surface area contributed by atoms with E-state index in [0.717, 1.165) is 0 Å². The number of sulfonamides is 1. The highest BCUT2D eigenvalue weighted by Crippen LogP contribution is 2.29. The number of hydrogen-bond acceptors (Lipinski definition) is 4. The van der Waals surface area contributed by atoms with E-state index in [9.17, 15) is 8.42 Å². The van der Waals surface area contributed by atoms with Crippen LogP contribution in [0.3, 0.4) is 0 Å². The molecule has 0 saturated carbocycles. The van der Waals surface area contributed by atoms with Gasteiger partial charge < -0.3 is 10.5 Å². The van der Waals surface area contributed by atoms with Crippen LogP contribution >= 0.6 is 27.5 Å². The maximum Gasteiger partial charge on any atom is 0.263 e. The van der Waals surface area contributed by atoms with Crippen molar-refractivity contribution in [2.45, 2.75) is 4.90 Å². The summed E-state index contributed by atoms with van der Waals surface area (Å²) in [6.45, 7) is 0. The monoisotopic (exact) mass is 390 g/mol. The van der Waals surface area contributed by atoms with Gasteiger partial charge in [0.1, 0.15) is 10.6 Å². The van der Waals surface area contributed by atoms with Crippen molar-refractivity contribution in [3.63, 3.8) is 0 Å². The van der Waals surface area contributed by atoms with Gasteiger partial charge in [-0.3, -0.25) is 4.72 Å². The third-order valence-electron chi connectivity index (χ3n) is 2.67. The Bertz CT molecular complexity index is 781. The van der Waals surface area contributed by atoms with E-state index in [1.807, 2.05) is 0 Å². The molecule has 2 aromatic rings. The summed E-state index contributed by atoms with van der Waals surface area (Å²) >= 11 is 9.20. The van der Waals surface area contributed by atoms with E-state index in [1.165, 1.54) is 25.3 Å². The summed E-state index contributed by atoms with van der Waals surface area (Å²) in [6.07, 6.45) is 0. The molecule has 0 saturated heterocycles. The molecule has 0 aliphatic carbocycles. The Hall–Kier alpha value is -1.44. The zero-order valence-electron chi connectivity index (χ0n) is 10.9. The van der Waals surface area contributed by atoms with Crippen LogP contribution in [0.5, 0.6) is 5.75 Å². The van der Waals surface area contributed by atoms with Gasteiger partial charge in [0.25, 0.3) is 10.0 Å². The van der Waals surface area contributed by atoms with Crippen molar-refractivity contribution in [3.8, 4) is 5.75 Å². The van der Waals surface area contributed by atoms with Crippen LogP contribution in [0.4, 0.5) is 11.4 Å². The molecular formula is C13H12BrClN2O3S. The normalized spacial score (nSPS) is 11.2. The number of hydrogen-bond donors (Lipinski definition) is 2. The van der Waals surface area contributed by atoms with Gasteiger partial charge in [-0.1, -0.05) is 27.5 Å². The lowest BCUT2D eigenvalue weighted by atomic mass is 10.2. The minimum atomic E-state index is -3.80. The zero-order valence-corrected chi connectivity index (χ0v) is 14.1. The van der Waals surface area contributed by atoms with Crippen LogP contribution in [-0.4, -0.2) is 15.5 Å². The highest BCUT2D eigenvalue weighted by molar-refractivity contribution is 9.10. The maximum atomic E-state index is 12.3. The quantitative estimate of drug-likeness (QED) is 0.782. The number of nitrogens with two attached hydrogens (primary N) is 1. The minimum Gasteiger partial charge on any atom is -0.495 e. The van der Waals surface area contributed by atoms with Gasteiger partial charge in [0.05, 0.1) is 23.5 Å². The van der Waals surface area contributed by atoms with E-state index in [4.69, 9.17) is 22.1 Å². The molecule has 0 fully saturated rings. The van der Waals surface area contributed by atoms with E-state index in [2.05, 4.69) is 20.7 Å². The molecule has 0 aromatic heterocycles. The van der Waals surface area contributed by atoms with Gasteiger partial charge in [0.2, 0.25) is 0 Å². The van der Waals surface area contributed by atoms with E-state index in [-0.39, 0.29) is 9.92 Å². The number of nitrogens with one attached hydrogen (secondary N) is 1. The van der Waals surface area contributed by atoms with Crippen molar-refractivity contribution in [2.75, 3.05) is 17.6 Å². The van der Waals surface area contributed by atoms with Crippen LogP contribution < -0.4 is 15.2 Å². The first-order chi connectivity index (χ1) is 9.83. The third-order valence-corrected chi connectivity index (χ3v) is 5.03. The predicted molar refractivity (Wildman–Crippen MR) is 87.4 cm³/mol. The highest BCUT2D eigenvalue weighted by atomic mass is 79.9. The van der Waals surface area contributed by atoms with E-state index >= 15 is 0 Å². The Morgan fingerprint density at radius 2 is 1.95 bits per heavy atom. The average molecular weight is 392 g/mol. The standard InChI is InChI=1S/C13H12BrClN2O3S/c1-20-12-7-9(3-4-11(12)16)17-21(18,19)13-5-2-8(14)6-10(13)15/h2-7,17H,16H2,1H3. The van der Waals surface area contributed by atoms with E-state index in [1.54, 1.807) is 18.2 Å². The second-order valence-corrected chi connectivity index (χ2v) is 7.11. The van der Waals surface area contributed by atoms with Gasteiger partial charge in [-0.05, 0) is 30.3 Å². The smallest absolute Gasteiger partial charge is 0.263 e. The SMILES string of the molecule is COc1cc(NS(=O)(=O)c2ccc(Br)cc2Cl)ccc1N. The highest BCUT2D eigenvalue weighted by Gasteiger charge is 2.18. The van der Waals surface area contributed by atoms with Crippen LogP contribution in [0.15, 0.2) is 45.8 Å². The largest absolute Gasteiger partial charge is 0.495 e. The summed E-state index contributed by atoms with van der Waals surface area (Å²) in [4.78, 5) is -0.0110. The van der Waals surface area contributed by atoms with Gasteiger partial charge in [0.15, 0.2) is 0 Å². The molecule has 5 nitrogen and oxygen atoms in total. The lowest BCUT2D eigenvalue weighted by molar-refractivity contribution is 0.417. The maximum absolute atomic E-state index is 12.3. The molecular weight excluding hydrogens is 380 g/mol. The molecule has 3 N–H and O–H groups in total. The van der Waals surface area contributed by atoms with Gasteiger partial charge >= 0.3 is 0 Å². The summed E-state index contributed by atoms with van der Waals surface area (Å²) in [6, 6.07) is 9.13. The molecule has 112 valence electrons. The number of methoxy groups -OCH3 is 1. The molecule has 8 heteroatoms. The predicted octanol–water partition coefficient (Wildman–Crippen LogP) is 3.49. The molecule has 0 aliphatic rings. The minimum absolute atomic E-state index is 0.0110. The molecule has 2 aromatic carbocycles.